The van der Waals surface area contributed by atoms with Gasteiger partial charge >= 0.3 is 0 Å². The maximum atomic E-state index is 11.8. The molecule has 0 radical (unpaired) electrons. The third kappa shape index (κ3) is 2.98. The Morgan fingerprint density at radius 1 is 1.45 bits per heavy atom. The molecular formula is C13H19N5OS. The van der Waals surface area contributed by atoms with Crippen LogP contribution in [0.15, 0.2) is 6.07 Å². The van der Waals surface area contributed by atoms with Crippen molar-refractivity contribution in [3.8, 4) is 0 Å². The quantitative estimate of drug-likeness (QED) is 0.873. The predicted octanol–water partition coefficient (Wildman–Crippen LogP) is 1.54. The number of amides is 1. The number of nitrogens with zero attached hydrogens (tertiary/aromatic N) is 3. The van der Waals surface area contributed by atoms with Crippen molar-refractivity contribution in [2.45, 2.75) is 20.8 Å². The van der Waals surface area contributed by atoms with Crippen LogP contribution in [0.4, 0.5) is 11.8 Å². The Balaban J connectivity index is 2.40. The van der Waals surface area contributed by atoms with E-state index in [1.165, 1.54) is 0 Å². The molecule has 3 N–H and O–H groups in total. The molecule has 0 aliphatic heterocycles. The minimum atomic E-state index is -0.0216. The van der Waals surface area contributed by atoms with Crippen LogP contribution in [-0.4, -0.2) is 35.5 Å². The Bertz CT molecular complexity index is 624. The molecule has 108 valence electrons. The smallest absolute Gasteiger partial charge is 0.239 e. The topological polar surface area (TPSA) is 84.1 Å². The Labute approximate surface area is 122 Å². The van der Waals surface area contributed by atoms with Crippen LogP contribution in [0.3, 0.4) is 0 Å². The molecule has 7 heteroatoms. The van der Waals surface area contributed by atoms with E-state index >= 15 is 0 Å². The molecule has 0 saturated carbocycles. The molecule has 0 spiro atoms. The monoisotopic (exact) mass is 293 g/mol. The Hall–Kier alpha value is -1.89. The summed E-state index contributed by atoms with van der Waals surface area (Å²) >= 11 is 1.58. The first-order chi connectivity index (χ1) is 9.55. The molecule has 0 aliphatic rings. The van der Waals surface area contributed by atoms with Gasteiger partial charge in [-0.2, -0.15) is 4.98 Å². The number of likely N-dealkylation sites (N-methyl/N-ethyl adjacent to an activating group) is 2. The highest BCUT2D eigenvalue weighted by Crippen LogP contribution is 2.31. The number of nitrogens with one attached hydrogen (secondary N) is 1. The van der Waals surface area contributed by atoms with E-state index in [2.05, 4.69) is 15.3 Å². The molecule has 0 unspecified atom stereocenters. The van der Waals surface area contributed by atoms with Crippen molar-refractivity contribution in [3.05, 3.63) is 10.9 Å². The Morgan fingerprint density at radius 2 is 2.20 bits per heavy atom. The van der Waals surface area contributed by atoms with Crippen molar-refractivity contribution in [3.63, 3.8) is 0 Å². The van der Waals surface area contributed by atoms with Gasteiger partial charge in [-0.1, -0.05) is 0 Å². The number of thiophene rings is 1. The van der Waals surface area contributed by atoms with Gasteiger partial charge < -0.3 is 16.0 Å². The molecule has 1 amide bonds. The Kier molecular flexibility index (Phi) is 4.39. The molecule has 20 heavy (non-hydrogen) atoms. The van der Waals surface area contributed by atoms with Crippen LogP contribution in [0.5, 0.6) is 0 Å². The molecule has 0 bridgehead atoms. The number of nitrogens with two attached hydrogens (primary N) is 1. The number of aryl methyl sites for hydroxylation is 1. The van der Waals surface area contributed by atoms with E-state index in [1.54, 1.807) is 11.3 Å². The normalized spacial score (nSPS) is 10.8. The first kappa shape index (κ1) is 14.5. The van der Waals surface area contributed by atoms with E-state index in [9.17, 15) is 4.79 Å². The van der Waals surface area contributed by atoms with Crippen molar-refractivity contribution in [1.82, 2.24) is 15.3 Å². The van der Waals surface area contributed by atoms with Crippen LogP contribution >= 0.6 is 11.3 Å². The lowest BCUT2D eigenvalue weighted by atomic mass is 10.3. The molecule has 0 fully saturated rings. The highest BCUT2D eigenvalue weighted by atomic mass is 32.1. The maximum Gasteiger partial charge on any atom is 0.239 e. The number of hydrogen-bond acceptors (Lipinski definition) is 6. The zero-order valence-electron chi connectivity index (χ0n) is 11.9. The van der Waals surface area contributed by atoms with Crippen LogP contribution in [0, 0.1) is 6.92 Å². The van der Waals surface area contributed by atoms with Crippen molar-refractivity contribution in [2.24, 2.45) is 0 Å². The summed E-state index contributed by atoms with van der Waals surface area (Å²) in [5, 5.41) is 3.75. The van der Waals surface area contributed by atoms with Gasteiger partial charge in [-0.05, 0) is 26.8 Å². The molecule has 6 nitrogen and oxygen atoms in total. The highest BCUT2D eigenvalue weighted by Gasteiger charge is 2.16. The van der Waals surface area contributed by atoms with Crippen LogP contribution in [0.25, 0.3) is 10.2 Å². The molecule has 2 heterocycles. The standard InChI is InChI=1S/C13H19N5OS/c1-4-15-10(19)7-18(5-2)11-9-6-8(3)20-12(9)17-13(14)16-11/h6H,4-5,7H2,1-3H3,(H,15,19)(H2,14,16,17). The largest absolute Gasteiger partial charge is 0.368 e. The number of nitrogen functional groups attached to an aromatic ring is 1. The summed E-state index contributed by atoms with van der Waals surface area (Å²) in [6, 6.07) is 2.04. The maximum absolute atomic E-state index is 11.8. The second kappa shape index (κ2) is 6.04. The number of carbonyl (C=O) groups is 1. The van der Waals surface area contributed by atoms with Gasteiger partial charge in [-0.15, -0.1) is 11.3 Å². The molecular weight excluding hydrogens is 274 g/mol. The van der Waals surface area contributed by atoms with Crippen LogP contribution in [0.2, 0.25) is 0 Å². The lowest BCUT2D eigenvalue weighted by Crippen LogP contribution is -2.37. The number of fused-ring (bicyclic) bond motifs is 1. The van der Waals surface area contributed by atoms with Gasteiger partial charge in [0.2, 0.25) is 11.9 Å². The van der Waals surface area contributed by atoms with Crippen molar-refractivity contribution in [1.29, 1.82) is 0 Å². The van der Waals surface area contributed by atoms with Crippen LogP contribution < -0.4 is 16.0 Å². The zero-order valence-corrected chi connectivity index (χ0v) is 12.8. The third-order valence-electron chi connectivity index (χ3n) is 2.90. The number of hydrogen-bond donors (Lipinski definition) is 2. The van der Waals surface area contributed by atoms with Crippen LogP contribution in [-0.2, 0) is 4.79 Å². The average molecular weight is 293 g/mol. The summed E-state index contributed by atoms with van der Waals surface area (Å²) in [6.45, 7) is 7.48. The lowest BCUT2D eigenvalue weighted by molar-refractivity contribution is -0.119. The van der Waals surface area contributed by atoms with Gasteiger partial charge in [0.05, 0.1) is 11.9 Å². The van der Waals surface area contributed by atoms with Gasteiger partial charge in [-0.3, -0.25) is 4.79 Å². The fraction of sp³-hybridized carbons (Fsp3) is 0.462. The lowest BCUT2D eigenvalue weighted by Gasteiger charge is -2.22. The molecule has 0 aliphatic carbocycles. The number of rotatable bonds is 5. The summed E-state index contributed by atoms with van der Waals surface area (Å²) < 4.78 is 0. The van der Waals surface area contributed by atoms with E-state index in [-0.39, 0.29) is 18.4 Å². The molecule has 2 aromatic rings. The SMILES string of the molecule is CCNC(=O)CN(CC)c1nc(N)nc2sc(C)cc12. The van der Waals surface area contributed by atoms with Gasteiger partial charge in [-0.25, -0.2) is 4.98 Å². The van der Waals surface area contributed by atoms with Gasteiger partial charge in [0.1, 0.15) is 10.6 Å². The van der Waals surface area contributed by atoms with Crippen LogP contribution in [0.1, 0.15) is 18.7 Å². The number of anilines is 2. The molecule has 2 aromatic heterocycles. The minimum Gasteiger partial charge on any atom is -0.368 e. The van der Waals surface area contributed by atoms with E-state index in [4.69, 9.17) is 5.73 Å². The first-order valence-electron chi connectivity index (χ1n) is 6.60. The fourth-order valence-corrected chi connectivity index (χ4v) is 2.93. The summed E-state index contributed by atoms with van der Waals surface area (Å²) in [4.78, 5) is 24.3. The second-order valence-corrected chi connectivity index (χ2v) is 5.68. The fourth-order valence-electron chi connectivity index (χ4n) is 2.05. The summed E-state index contributed by atoms with van der Waals surface area (Å²) in [6.07, 6.45) is 0. The average Bonchev–Trinajstić information content (AvgIpc) is 2.75. The predicted molar refractivity (Wildman–Crippen MR) is 83.1 cm³/mol. The van der Waals surface area contributed by atoms with Gasteiger partial charge in [0.15, 0.2) is 0 Å². The molecule has 0 saturated heterocycles. The summed E-state index contributed by atoms with van der Waals surface area (Å²) in [7, 11) is 0. The summed E-state index contributed by atoms with van der Waals surface area (Å²) in [5.41, 5.74) is 5.77. The second-order valence-electron chi connectivity index (χ2n) is 4.45. The minimum absolute atomic E-state index is 0.0216. The molecule has 0 atom stereocenters. The first-order valence-corrected chi connectivity index (χ1v) is 7.42. The van der Waals surface area contributed by atoms with Crippen molar-refractivity contribution >= 4 is 39.2 Å². The molecule has 0 aromatic carbocycles. The highest BCUT2D eigenvalue weighted by molar-refractivity contribution is 7.18. The van der Waals surface area contributed by atoms with Crippen molar-refractivity contribution < 1.29 is 4.79 Å². The van der Waals surface area contributed by atoms with E-state index < -0.39 is 0 Å². The van der Waals surface area contributed by atoms with E-state index in [0.717, 1.165) is 20.9 Å². The number of carbonyl (C=O) groups excluding carboxylic acids is 1. The van der Waals surface area contributed by atoms with E-state index in [0.29, 0.717) is 13.1 Å². The zero-order chi connectivity index (χ0) is 14.7. The summed E-state index contributed by atoms with van der Waals surface area (Å²) in [5.74, 6) is 0.945. The van der Waals surface area contributed by atoms with Gasteiger partial charge in [0, 0.05) is 18.0 Å². The molecule has 2 rings (SSSR count). The van der Waals surface area contributed by atoms with Crippen molar-refractivity contribution in [2.75, 3.05) is 30.3 Å². The Morgan fingerprint density at radius 3 is 2.85 bits per heavy atom. The van der Waals surface area contributed by atoms with Gasteiger partial charge in [0.25, 0.3) is 0 Å². The third-order valence-corrected chi connectivity index (χ3v) is 3.85. The van der Waals surface area contributed by atoms with E-state index in [1.807, 2.05) is 31.7 Å². The number of aromatic nitrogens is 2.